The number of nitriles is 2. The van der Waals surface area contributed by atoms with Crippen LogP contribution in [0, 0.1) is 50.4 Å². The van der Waals surface area contributed by atoms with Crippen LogP contribution in [0.3, 0.4) is 0 Å². The van der Waals surface area contributed by atoms with Crippen molar-refractivity contribution >= 4 is 45.4 Å². The maximum absolute atomic E-state index is 11.3. The molecular weight excluding hydrogens is 1080 g/mol. The topological polar surface area (TPSA) is 250 Å². The summed E-state index contributed by atoms with van der Waals surface area (Å²) in [5, 5.41) is 34.3. The number of nitrogens with zero attached hydrogens (tertiary/aromatic N) is 6. The number of benzene rings is 4. The SMILES string of the molecule is CC#N.CC#N.Cc1cc2ncn(Cc3ccc(C(N)=O)cc3)c2cc1C.Cc1cc2ncn(Cc3ccc(C(N)=O)cc3)c2cc1C.O=C(/C=C(\[O-])C(F)(F)F)C(F)(F)F.O=C(/C=C(\[O-])C(F)(F)F)C(F)(F)F.[Cu+2]. The Bertz CT molecular complexity index is 2850. The number of hydrogen-bond acceptors (Lipinski definition) is 10. The average molecular weight is 1120 g/mol. The fourth-order valence-electron chi connectivity index (χ4n) is 5.39. The number of rotatable bonds is 8. The molecule has 0 unspecified atom stereocenters. The van der Waals surface area contributed by atoms with Gasteiger partial charge in [-0.05, 0) is 133 Å². The number of allylic oxidation sites excluding steroid dienone is 4. The van der Waals surface area contributed by atoms with Gasteiger partial charge in [-0.15, -0.1) is 0 Å². The van der Waals surface area contributed by atoms with Crippen molar-refractivity contribution in [2.24, 2.45) is 11.5 Å². The van der Waals surface area contributed by atoms with E-state index < -0.39 is 71.8 Å². The minimum Gasteiger partial charge on any atom is -0.869 e. The van der Waals surface area contributed by atoms with Crippen LogP contribution in [-0.2, 0) is 39.7 Å². The van der Waals surface area contributed by atoms with Gasteiger partial charge in [0.05, 0.1) is 46.9 Å². The number of halogens is 12. The number of alkyl halides is 12. The normalized spacial score (nSPS) is 11.4. The van der Waals surface area contributed by atoms with Gasteiger partial charge in [0.25, 0.3) is 11.6 Å². The van der Waals surface area contributed by atoms with Crippen molar-refractivity contribution in [1.29, 1.82) is 10.5 Å². The van der Waals surface area contributed by atoms with Crippen LogP contribution in [0.5, 0.6) is 0 Å². The summed E-state index contributed by atoms with van der Waals surface area (Å²) in [7, 11) is 0. The molecule has 0 aliphatic rings. The van der Waals surface area contributed by atoms with Gasteiger partial charge in [0.1, 0.15) is 0 Å². The average Bonchev–Trinajstić information content (AvgIpc) is 3.85. The van der Waals surface area contributed by atoms with Gasteiger partial charge < -0.3 is 30.8 Å². The van der Waals surface area contributed by atoms with Crippen LogP contribution in [0.1, 0.15) is 67.9 Å². The van der Waals surface area contributed by atoms with Crippen LogP contribution in [0.25, 0.3) is 22.1 Å². The zero-order valence-corrected chi connectivity index (χ0v) is 40.7. The van der Waals surface area contributed by atoms with Gasteiger partial charge in [-0.1, -0.05) is 24.3 Å². The number of aromatic nitrogens is 4. The number of fused-ring (bicyclic) bond motifs is 2. The van der Waals surface area contributed by atoms with Crippen molar-refractivity contribution in [3.8, 4) is 12.1 Å². The van der Waals surface area contributed by atoms with Crippen molar-refractivity contribution in [2.45, 2.75) is 79.3 Å². The first kappa shape index (κ1) is 66.8. The molecule has 14 nitrogen and oxygen atoms in total. The van der Waals surface area contributed by atoms with Gasteiger partial charge in [0.2, 0.25) is 11.8 Å². The first-order valence-electron chi connectivity index (χ1n) is 20.4. The predicted molar refractivity (Wildman–Crippen MR) is 240 cm³/mol. The molecule has 27 heteroatoms. The Hall–Kier alpha value is -8.16. The summed E-state index contributed by atoms with van der Waals surface area (Å²) in [5.41, 5.74) is 23.0. The number of hydrogen-bond donors (Lipinski definition) is 2. The second-order valence-corrected chi connectivity index (χ2v) is 14.9. The van der Waals surface area contributed by atoms with Gasteiger partial charge in [0.15, 0.2) is 0 Å². The van der Waals surface area contributed by atoms with E-state index in [1.165, 1.54) is 36.1 Å². The summed E-state index contributed by atoms with van der Waals surface area (Å²) in [4.78, 5) is 50.7. The number of primary amides is 2. The van der Waals surface area contributed by atoms with Crippen molar-refractivity contribution in [2.75, 3.05) is 0 Å². The molecule has 1 radical (unpaired) electrons. The van der Waals surface area contributed by atoms with Gasteiger partial charge >= 0.3 is 41.8 Å². The molecule has 405 valence electrons. The molecule has 0 spiro atoms. The van der Waals surface area contributed by atoms with Gasteiger partial charge in [0, 0.05) is 38.1 Å². The van der Waals surface area contributed by atoms with E-state index in [2.05, 4.69) is 71.1 Å². The van der Waals surface area contributed by atoms with Crippen LogP contribution in [-0.4, -0.2) is 67.2 Å². The molecule has 2 amide bonds. The Morgan fingerprint density at radius 1 is 0.533 bits per heavy atom. The summed E-state index contributed by atoms with van der Waals surface area (Å²) in [5.74, 6) is -12.1. The van der Waals surface area contributed by atoms with E-state index in [1.807, 2.05) is 36.9 Å². The molecule has 0 saturated heterocycles. The van der Waals surface area contributed by atoms with E-state index >= 15 is 0 Å². The third kappa shape index (κ3) is 22.2. The summed E-state index contributed by atoms with van der Waals surface area (Å²) in [6.45, 7) is 12.7. The Kier molecular flexibility index (Phi) is 25.8. The smallest absolute Gasteiger partial charge is 0.869 e. The number of carbonyl (C=O) groups excluding carboxylic acids is 4. The number of carbonyl (C=O) groups is 4. The molecule has 0 bridgehead atoms. The van der Waals surface area contributed by atoms with Crippen LogP contribution in [0.2, 0.25) is 0 Å². The Labute approximate surface area is 429 Å². The van der Waals surface area contributed by atoms with E-state index in [4.69, 9.17) is 22.0 Å². The molecule has 0 saturated carbocycles. The molecule has 0 atom stereocenters. The van der Waals surface area contributed by atoms with Crippen LogP contribution in [0.4, 0.5) is 52.7 Å². The van der Waals surface area contributed by atoms with E-state index in [0.29, 0.717) is 11.1 Å². The zero-order valence-electron chi connectivity index (χ0n) is 39.8. The second kappa shape index (κ2) is 28.9. The monoisotopic (exact) mass is 1120 g/mol. The molecule has 2 heterocycles. The largest absolute Gasteiger partial charge is 2.00 e. The minimum atomic E-state index is -5.46. The number of ketones is 2. The standard InChI is InChI=1S/2C17H17N3O.2C5H2F6O2.2C2H3N.Cu/c2*1-11-7-15-16(8-12(11)2)20(10-19-15)9-13-3-5-14(6-4-13)17(18)21;2*6-4(7,8)2(12)1-3(13)5(9,10)11;2*1-2-3;/h2*3-8,10H,9H2,1-2H3,(H2,18,21);2*1,12H;2*1H3;/q;;;;;;+2/p-2/b;;2*2-1-;;;. The molecule has 6 rings (SSSR count). The molecule has 0 aliphatic heterocycles. The Balaban J connectivity index is 0.000000958. The Morgan fingerprint density at radius 3 is 1.01 bits per heavy atom. The quantitative estimate of drug-likeness (QED) is 0.0636. The third-order valence-electron chi connectivity index (χ3n) is 9.30. The minimum absolute atomic E-state index is 0. The van der Waals surface area contributed by atoms with E-state index in [1.54, 1.807) is 36.4 Å². The molecule has 4 N–H and O–H groups in total. The summed E-state index contributed by atoms with van der Waals surface area (Å²) in [6, 6.07) is 26.8. The Morgan fingerprint density at radius 2 is 0.787 bits per heavy atom. The summed E-state index contributed by atoms with van der Waals surface area (Å²) < 4.78 is 140. The molecular formula is C48H42CuF12N8O6. The van der Waals surface area contributed by atoms with Crippen molar-refractivity contribution in [3.63, 3.8) is 0 Å². The zero-order chi connectivity index (χ0) is 57.1. The van der Waals surface area contributed by atoms with E-state index in [-0.39, 0.29) is 17.1 Å². The van der Waals surface area contributed by atoms with Crippen molar-refractivity contribution in [1.82, 2.24) is 19.1 Å². The molecule has 75 heavy (non-hydrogen) atoms. The van der Waals surface area contributed by atoms with Crippen LogP contribution < -0.4 is 21.7 Å². The molecule has 0 aliphatic carbocycles. The molecule has 0 fully saturated rings. The van der Waals surface area contributed by atoms with Crippen molar-refractivity contribution in [3.05, 3.63) is 154 Å². The van der Waals surface area contributed by atoms with Gasteiger partial charge in [-0.25, -0.2) is 9.97 Å². The fraction of sp³-hybridized carbons (Fsp3) is 0.250. The number of aryl methyl sites for hydroxylation is 4. The van der Waals surface area contributed by atoms with E-state index in [0.717, 1.165) is 46.3 Å². The third-order valence-corrected chi connectivity index (χ3v) is 9.30. The van der Waals surface area contributed by atoms with E-state index in [9.17, 15) is 82.1 Å². The van der Waals surface area contributed by atoms with Crippen LogP contribution in [0.15, 0.2) is 109 Å². The fourth-order valence-corrected chi connectivity index (χ4v) is 5.39. The number of imidazole rings is 2. The molecule has 6 aromatic rings. The summed E-state index contributed by atoms with van der Waals surface area (Å²) in [6.07, 6.45) is -20.2. The maximum atomic E-state index is 11.3. The molecule has 2 aromatic heterocycles. The molecule has 4 aromatic carbocycles. The number of amides is 2. The summed E-state index contributed by atoms with van der Waals surface area (Å²) >= 11 is 0. The maximum Gasteiger partial charge on any atom is 2.00 e. The van der Waals surface area contributed by atoms with Crippen LogP contribution >= 0.6 is 0 Å². The first-order valence-corrected chi connectivity index (χ1v) is 20.4. The second-order valence-electron chi connectivity index (χ2n) is 14.9. The first-order chi connectivity index (χ1) is 34.0. The predicted octanol–water partition coefficient (Wildman–Crippen LogP) is 8.51. The van der Waals surface area contributed by atoms with Crippen molar-refractivity contribution < 1.29 is 99.1 Å². The van der Waals surface area contributed by atoms with Gasteiger partial charge in [-0.2, -0.15) is 63.2 Å². The number of nitrogens with two attached hydrogens (primary N) is 2. The van der Waals surface area contributed by atoms with Gasteiger partial charge in [-0.3, -0.25) is 19.2 Å².